The van der Waals surface area contributed by atoms with E-state index in [-0.39, 0.29) is 36.6 Å². The van der Waals surface area contributed by atoms with E-state index in [0.717, 1.165) is 17.7 Å². The Balaban J connectivity index is 1.53. The zero-order valence-corrected chi connectivity index (χ0v) is 17.9. The van der Waals surface area contributed by atoms with Crippen molar-refractivity contribution in [1.82, 2.24) is 10.0 Å². The van der Waals surface area contributed by atoms with Gasteiger partial charge in [-0.1, -0.05) is 17.7 Å². The minimum atomic E-state index is -3.71. The van der Waals surface area contributed by atoms with Gasteiger partial charge >= 0.3 is 5.69 Å². The molecule has 0 aromatic heterocycles. The summed E-state index contributed by atoms with van der Waals surface area (Å²) in [6, 6.07) is 9.40. The van der Waals surface area contributed by atoms with Crippen LogP contribution in [0.2, 0.25) is 0 Å². The van der Waals surface area contributed by atoms with Crippen molar-refractivity contribution >= 4 is 33.2 Å². The lowest BCUT2D eigenvalue weighted by Crippen LogP contribution is -2.38. The van der Waals surface area contributed by atoms with E-state index in [1.165, 1.54) is 23.1 Å². The maximum absolute atomic E-state index is 13.5. The standard InChI is InChI=1S/C20H21FN4O6S/c1-13-2-5-16(6-3-13)32(30,31)23-9-8-22-20(27)14-10-19(26)24(12-14)15-4-7-17(21)18(11-15)25(28)29/h2-7,11,14,23H,8-10,12H2,1H3,(H,22,27). The number of nitro benzene ring substituents is 1. The van der Waals surface area contributed by atoms with E-state index < -0.39 is 44.2 Å². The number of rotatable bonds is 8. The Morgan fingerprint density at radius 1 is 1.22 bits per heavy atom. The first-order chi connectivity index (χ1) is 15.1. The van der Waals surface area contributed by atoms with E-state index in [2.05, 4.69) is 10.0 Å². The fourth-order valence-electron chi connectivity index (χ4n) is 3.26. The number of carbonyl (C=O) groups excluding carboxylic acids is 2. The van der Waals surface area contributed by atoms with E-state index in [1.54, 1.807) is 12.1 Å². The predicted molar refractivity (Wildman–Crippen MR) is 113 cm³/mol. The fraction of sp³-hybridized carbons (Fsp3) is 0.300. The van der Waals surface area contributed by atoms with Crippen molar-refractivity contribution in [1.29, 1.82) is 0 Å². The lowest BCUT2D eigenvalue weighted by molar-refractivity contribution is -0.387. The lowest BCUT2D eigenvalue weighted by Gasteiger charge is -2.16. The monoisotopic (exact) mass is 464 g/mol. The highest BCUT2D eigenvalue weighted by Crippen LogP contribution is 2.29. The highest BCUT2D eigenvalue weighted by Gasteiger charge is 2.35. The van der Waals surface area contributed by atoms with Crippen molar-refractivity contribution in [3.63, 3.8) is 0 Å². The molecule has 0 bridgehead atoms. The molecule has 0 spiro atoms. The van der Waals surface area contributed by atoms with E-state index in [0.29, 0.717) is 0 Å². The van der Waals surface area contributed by atoms with Crippen LogP contribution in [0.4, 0.5) is 15.8 Å². The molecule has 12 heteroatoms. The molecule has 0 radical (unpaired) electrons. The molecule has 1 atom stereocenters. The van der Waals surface area contributed by atoms with E-state index >= 15 is 0 Å². The largest absolute Gasteiger partial charge is 0.354 e. The third-order valence-corrected chi connectivity index (χ3v) is 6.46. The molecule has 3 rings (SSSR count). The number of carbonyl (C=O) groups is 2. The Morgan fingerprint density at radius 2 is 1.91 bits per heavy atom. The molecule has 0 aliphatic carbocycles. The van der Waals surface area contributed by atoms with Crippen LogP contribution in [-0.4, -0.2) is 44.8 Å². The van der Waals surface area contributed by atoms with Gasteiger partial charge in [-0.2, -0.15) is 4.39 Å². The average molecular weight is 464 g/mol. The topological polar surface area (TPSA) is 139 Å². The fourth-order valence-corrected chi connectivity index (χ4v) is 4.29. The molecule has 1 aliphatic heterocycles. The molecular formula is C20H21FN4O6S. The molecule has 1 fully saturated rings. The van der Waals surface area contributed by atoms with Gasteiger partial charge in [-0.15, -0.1) is 0 Å². The Labute approximate surface area is 183 Å². The number of amides is 2. The molecule has 32 heavy (non-hydrogen) atoms. The van der Waals surface area contributed by atoms with Gasteiger partial charge in [-0.05, 0) is 31.2 Å². The summed E-state index contributed by atoms with van der Waals surface area (Å²) in [5, 5.41) is 13.5. The van der Waals surface area contributed by atoms with Crippen LogP contribution in [0.25, 0.3) is 0 Å². The summed E-state index contributed by atoms with van der Waals surface area (Å²) < 4.78 is 40.4. The van der Waals surface area contributed by atoms with E-state index in [4.69, 9.17) is 0 Å². The minimum Gasteiger partial charge on any atom is -0.354 e. The summed E-state index contributed by atoms with van der Waals surface area (Å²) in [4.78, 5) is 36.0. The van der Waals surface area contributed by atoms with Crippen molar-refractivity contribution in [2.24, 2.45) is 5.92 Å². The van der Waals surface area contributed by atoms with E-state index in [9.17, 15) is 32.5 Å². The number of halogens is 1. The van der Waals surface area contributed by atoms with Gasteiger partial charge < -0.3 is 10.2 Å². The molecule has 2 N–H and O–H groups in total. The summed E-state index contributed by atoms with van der Waals surface area (Å²) in [7, 11) is -3.71. The second-order valence-corrected chi connectivity index (χ2v) is 9.07. The number of benzene rings is 2. The molecule has 1 unspecified atom stereocenters. The molecule has 1 heterocycles. The number of nitro groups is 1. The highest BCUT2D eigenvalue weighted by molar-refractivity contribution is 7.89. The van der Waals surface area contributed by atoms with Gasteiger partial charge in [-0.3, -0.25) is 19.7 Å². The molecule has 2 aromatic rings. The van der Waals surface area contributed by atoms with Crippen molar-refractivity contribution in [2.45, 2.75) is 18.2 Å². The van der Waals surface area contributed by atoms with Gasteiger partial charge in [0, 0.05) is 32.1 Å². The predicted octanol–water partition coefficient (Wildman–Crippen LogP) is 1.49. The first kappa shape index (κ1) is 23.3. The average Bonchev–Trinajstić information content (AvgIpc) is 3.13. The molecule has 170 valence electrons. The van der Waals surface area contributed by atoms with Crippen molar-refractivity contribution < 1.29 is 27.3 Å². The Hall–Kier alpha value is -3.38. The second-order valence-electron chi connectivity index (χ2n) is 7.30. The second kappa shape index (κ2) is 9.40. The van der Waals surface area contributed by atoms with Crippen LogP contribution >= 0.6 is 0 Å². The SMILES string of the molecule is Cc1ccc(S(=O)(=O)NCCNC(=O)C2CC(=O)N(c3ccc(F)c([N+](=O)[O-])c3)C2)cc1. The van der Waals surface area contributed by atoms with Crippen molar-refractivity contribution in [2.75, 3.05) is 24.5 Å². The highest BCUT2D eigenvalue weighted by atomic mass is 32.2. The van der Waals surface area contributed by atoms with Crippen molar-refractivity contribution in [3.8, 4) is 0 Å². The van der Waals surface area contributed by atoms with Crippen LogP contribution in [0.1, 0.15) is 12.0 Å². The third kappa shape index (κ3) is 5.26. The zero-order valence-electron chi connectivity index (χ0n) is 17.1. The number of nitrogens with one attached hydrogen (secondary N) is 2. The molecule has 10 nitrogen and oxygen atoms in total. The number of hydrogen-bond donors (Lipinski definition) is 2. The quantitative estimate of drug-likeness (QED) is 0.345. The zero-order chi connectivity index (χ0) is 23.5. The summed E-state index contributed by atoms with van der Waals surface area (Å²) in [5.41, 5.74) is 0.292. The molecular weight excluding hydrogens is 443 g/mol. The summed E-state index contributed by atoms with van der Waals surface area (Å²) in [6.07, 6.45) is -0.119. The summed E-state index contributed by atoms with van der Waals surface area (Å²) in [5.74, 6) is -2.62. The van der Waals surface area contributed by atoms with Gasteiger partial charge in [-0.25, -0.2) is 13.1 Å². The maximum Gasteiger partial charge on any atom is 0.306 e. The van der Waals surface area contributed by atoms with Crippen LogP contribution in [0, 0.1) is 28.8 Å². The Morgan fingerprint density at radius 3 is 2.56 bits per heavy atom. The van der Waals surface area contributed by atoms with Crippen molar-refractivity contribution in [3.05, 3.63) is 64.0 Å². The molecule has 2 aromatic carbocycles. The number of aryl methyl sites for hydroxylation is 1. The molecule has 0 saturated carbocycles. The van der Waals surface area contributed by atoms with E-state index in [1.807, 2.05) is 6.92 Å². The van der Waals surface area contributed by atoms with Crippen LogP contribution in [-0.2, 0) is 19.6 Å². The van der Waals surface area contributed by atoms with Crippen LogP contribution in [0.15, 0.2) is 47.4 Å². The normalized spacial score (nSPS) is 16.2. The first-order valence-corrected chi connectivity index (χ1v) is 11.1. The van der Waals surface area contributed by atoms with Gasteiger partial charge in [0.05, 0.1) is 21.4 Å². The number of hydrogen-bond acceptors (Lipinski definition) is 6. The number of sulfonamides is 1. The van der Waals surface area contributed by atoms with Crippen LogP contribution < -0.4 is 14.9 Å². The minimum absolute atomic E-state index is 0.0106. The smallest absolute Gasteiger partial charge is 0.306 e. The Bertz CT molecular complexity index is 1150. The molecule has 1 saturated heterocycles. The maximum atomic E-state index is 13.5. The third-order valence-electron chi connectivity index (χ3n) is 4.98. The summed E-state index contributed by atoms with van der Waals surface area (Å²) in [6.45, 7) is 1.78. The summed E-state index contributed by atoms with van der Waals surface area (Å²) >= 11 is 0. The van der Waals surface area contributed by atoms with Crippen LogP contribution in [0.5, 0.6) is 0 Å². The van der Waals surface area contributed by atoms with Gasteiger partial charge in [0.1, 0.15) is 0 Å². The van der Waals surface area contributed by atoms with Gasteiger partial charge in [0.15, 0.2) is 0 Å². The van der Waals surface area contributed by atoms with Crippen LogP contribution in [0.3, 0.4) is 0 Å². The Kier molecular flexibility index (Phi) is 6.84. The molecule has 1 aliphatic rings. The molecule has 2 amide bonds. The number of anilines is 1. The van der Waals surface area contributed by atoms with Gasteiger partial charge in [0.25, 0.3) is 0 Å². The lowest BCUT2D eigenvalue weighted by atomic mass is 10.1. The first-order valence-electron chi connectivity index (χ1n) is 9.67. The van der Waals surface area contributed by atoms with Gasteiger partial charge in [0.2, 0.25) is 27.7 Å². The number of nitrogens with zero attached hydrogens (tertiary/aromatic N) is 2.